The topological polar surface area (TPSA) is 128 Å². The number of amides is 2. The normalized spacial score (nSPS) is 20.7. The van der Waals surface area contributed by atoms with Crippen LogP contribution in [0.5, 0.6) is 0 Å². The number of benzene rings is 1. The number of hydrogen-bond donors (Lipinski definition) is 2. The summed E-state index contributed by atoms with van der Waals surface area (Å²) in [6.45, 7) is 1.49. The van der Waals surface area contributed by atoms with Crippen molar-refractivity contribution in [3.63, 3.8) is 0 Å². The van der Waals surface area contributed by atoms with Gasteiger partial charge in [-0.25, -0.2) is 9.59 Å². The van der Waals surface area contributed by atoms with E-state index < -0.39 is 34.9 Å². The second-order valence-electron chi connectivity index (χ2n) is 9.94. The first-order valence-corrected chi connectivity index (χ1v) is 12.4. The molecule has 3 fully saturated rings. The number of unbranched alkanes of at least 4 members (excludes halogenated alkanes) is 1. The number of halogens is 3. The number of nitrogens with two attached hydrogens (primary N) is 1. The first-order valence-electron chi connectivity index (χ1n) is 12.4. The number of rotatable bonds is 9. The van der Waals surface area contributed by atoms with E-state index >= 15 is 0 Å². The van der Waals surface area contributed by atoms with E-state index in [0.717, 1.165) is 6.07 Å². The molecule has 0 aromatic heterocycles. The van der Waals surface area contributed by atoms with Crippen LogP contribution in [0.2, 0.25) is 0 Å². The predicted molar refractivity (Wildman–Crippen MR) is 123 cm³/mol. The number of esters is 2. The molecule has 37 heavy (non-hydrogen) atoms. The van der Waals surface area contributed by atoms with Crippen LogP contribution in [0.15, 0.2) is 18.2 Å². The van der Waals surface area contributed by atoms with Crippen molar-refractivity contribution in [1.82, 2.24) is 10.2 Å². The molecule has 12 heteroatoms. The molecular formula is C25H30F3N3O6. The SMILES string of the molecule is Nc1ccc(CCCNCCCCN2C(=O)CC3(CCCC34OC(=O)C(=O)O4)CC2=O)cc1C(F)(F)F. The van der Waals surface area contributed by atoms with Gasteiger partial charge in [0.2, 0.25) is 11.8 Å². The zero-order valence-corrected chi connectivity index (χ0v) is 20.3. The molecule has 2 aliphatic heterocycles. The third-order valence-electron chi connectivity index (χ3n) is 7.46. The molecule has 0 bridgehead atoms. The number of fused-ring (bicyclic) bond motifs is 1. The summed E-state index contributed by atoms with van der Waals surface area (Å²) in [6, 6.07) is 3.95. The zero-order valence-electron chi connectivity index (χ0n) is 20.3. The van der Waals surface area contributed by atoms with Gasteiger partial charge in [-0.15, -0.1) is 0 Å². The van der Waals surface area contributed by atoms with Gasteiger partial charge in [0, 0.05) is 31.5 Å². The first-order chi connectivity index (χ1) is 17.5. The Bertz CT molecular complexity index is 1060. The second-order valence-corrected chi connectivity index (χ2v) is 9.94. The maximum absolute atomic E-state index is 13.0. The molecule has 0 atom stereocenters. The number of hydrogen-bond acceptors (Lipinski definition) is 8. The van der Waals surface area contributed by atoms with E-state index in [4.69, 9.17) is 15.2 Å². The summed E-state index contributed by atoms with van der Waals surface area (Å²) in [5.41, 5.74) is 3.87. The third-order valence-corrected chi connectivity index (χ3v) is 7.46. The van der Waals surface area contributed by atoms with E-state index in [1.54, 1.807) is 6.07 Å². The molecule has 2 spiro atoms. The maximum Gasteiger partial charge on any atom is 0.420 e. The number of imide groups is 1. The summed E-state index contributed by atoms with van der Waals surface area (Å²) in [6.07, 6.45) is -0.836. The predicted octanol–water partition coefficient (Wildman–Crippen LogP) is 2.71. The van der Waals surface area contributed by atoms with Gasteiger partial charge in [-0.05, 0) is 69.3 Å². The molecule has 9 nitrogen and oxygen atoms in total. The van der Waals surface area contributed by atoms with Crippen LogP contribution in [0.1, 0.15) is 62.5 Å². The fourth-order valence-electron chi connectivity index (χ4n) is 5.57. The third kappa shape index (κ3) is 5.43. The van der Waals surface area contributed by atoms with Crippen molar-refractivity contribution < 1.29 is 41.8 Å². The van der Waals surface area contributed by atoms with Crippen molar-refractivity contribution >= 4 is 29.4 Å². The van der Waals surface area contributed by atoms with Crippen molar-refractivity contribution in [3.8, 4) is 0 Å². The average molecular weight is 526 g/mol. The highest BCUT2D eigenvalue weighted by atomic mass is 19.4. The minimum Gasteiger partial charge on any atom is -0.413 e. The fourth-order valence-corrected chi connectivity index (χ4v) is 5.57. The molecule has 2 amide bonds. The van der Waals surface area contributed by atoms with Crippen LogP contribution in [0.25, 0.3) is 0 Å². The van der Waals surface area contributed by atoms with Gasteiger partial charge >= 0.3 is 18.1 Å². The molecule has 4 rings (SSSR count). The van der Waals surface area contributed by atoms with Gasteiger partial charge in [0.15, 0.2) is 0 Å². The molecule has 0 radical (unpaired) electrons. The highest BCUT2D eigenvalue weighted by Gasteiger charge is 2.68. The van der Waals surface area contributed by atoms with Crippen LogP contribution >= 0.6 is 0 Å². The lowest BCUT2D eigenvalue weighted by atomic mass is 9.72. The number of piperidine rings is 1. The summed E-state index contributed by atoms with van der Waals surface area (Å²) in [4.78, 5) is 50.2. The van der Waals surface area contributed by atoms with Crippen molar-refractivity contribution in [2.45, 2.75) is 69.8 Å². The number of alkyl halides is 3. The number of nitrogens with one attached hydrogen (secondary N) is 1. The van der Waals surface area contributed by atoms with Gasteiger partial charge in [-0.3, -0.25) is 14.5 Å². The number of likely N-dealkylation sites (tertiary alicyclic amines) is 1. The maximum atomic E-state index is 13.0. The number of nitrogen functional groups attached to an aromatic ring is 1. The quantitative estimate of drug-likeness (QED) is 0.166. The summed E-state index contributed by atoms with van der Waals surface area (Å²) in [5, 5.41) is 3.22. The molecular weight excluding hydrogens is 495 g/mol. The Hall–Kier alpha value is -3.15. The van der Waals surface area contributed by atoms with E-state index in [1.807, 2.05) is 0 Å². The van der Waals surface area contributed by atoms with E-state index in [2.05, 4.69) is 5.32 Å². The number of ether oxygens (including phenoxy) is 2. The number of carbonyl (C=O) groups excluding carboxylic acids is 4. The Kier molecular flexibility index (Phi) is 7.50. The zero-order chi connectivity index (χ0) is 26.8. The van der Waals surface area contributed by atoms with E-state index in [9.17, 15) is 32.3 Å². The Morgan fingerprint density at radius 3 is 2.24 bits per heavy atom. The average Bonchev–Trinajstić information content (AvgIpc) is 3.29. The number of anilines is 1. The van der Waals surface area contributed by atoms with Gasteiger partial charge < -0.3 is 20.5 Å². The summed E-state index contributed by atoms with van der Waals surface area (Å²) in [5.74, 6) is -4.44. The molecule has 3 N–H and O–H groups in total. The second kappa shape index (κ2) is 10.3. The molecule has 0 unspecified atom stereocenters. The van der Waals surface area contributed by atoms with Crippen LogP contribution in [-0.4, -0.2) is 54.1 Å². The minimum absolute atomic E-state index is 0.0290. The Balaban J connectivity index is 1.17. The summed E-state index contributed by atoms with van der Waals surface area (Å²) < 4.78 is 49.4. The smallest absolute Gasteiger partial charge is 0.413 e. The largest absolute Gasteiger partial charge is 0.420 e. The van der Waals surface area contributed by atoms with Crippen molar-refractivity contribution in [3.05, 3.63) is 29.3 Å². The molecule has 1 saturated carbocycles. The number of nitrogens with zero attached hydrogens (tertiary/aromatic N) is 1. The van der Waals surface area contributed by atoms with Crippen molar-refractivity contribution in [1.29, 1.82) is 0 Å². The lowest BCUT2D eigenvalue weighted by molar-refractivity contribution is -0.229. The molecule has 1 aliphatic carbocycles. The standard InChI is InChI=1S/C25H30F3N3O6/c26-25(27,28)17-13-16(6-7-18(17)29)5-3-11-30-10-1-2-12-31-19(32)14-23(15-20(31)33)8-4-9-24(23)36-21(34)22(35)37-24/h6-7,13,30H,1-5,8-12,14-15,29H2. The highest BCUT2D eigenvalue weighted by Crippen LogP contribution is 2.57. The molecule has 1 aromatic carbocycles. The highest BCUT2D eigenvalue weighted by molar-refractivity contribution is 6.31. The minimum atomic E-state index is -4.48. The fraction of sp³-hybridized carbons (Fsp3) is 0.600. The van der Waals surface area contributed by atoms with Gasteiger partial charge in [0.1, 0.15) is 0 Å². The summed E-state index contributed by atoms with van der Waals surface area (Å²) >= 11 is 0. The van der Waals surface area contributed by atoms with E-state index in [-0.39, 0.29) is 43.3 Å². The van der Waals surface area contributed by atoms with Crippen LogP contribution in [0, 0.1) is 5.41 Å². The number of aryl methyl sites for hydroxylation is 1. The lowest BCUT2D eigenvalue weighted by Gasteiger charge is -2.43. The molecule has 1 aromatic rings. The Labute approximate surface area is 211 Å². The Morgan fingerprint density at radius 1 is 0.946 bits per heavy atom. The van der Waals surface area contributed by atoms with Crippen LogP contribution < -0.4 is 11.1 Å². The van der Waals surface area contributed by atoms with Gasteiger partial charge in [0.05, 0.1) is 11.0 Å². The van der Waals surface area contributed by atoms with Crippen LogP contribution in [-0.2, 0) is 41.2 Å². The number of carbonyl (C=O) groups is 4. The lowest BCUT2D eigenvalue weighted by Crippen LogP contribution is -2.56. The first kappa shape index (κ1) is 26.9. The Morgan fingerprint density at radius 2 is 1.59 bits per heavy atom. The summed E-state index contributed by atoms with van der Waals surface area (Å²) in [7, 11) is 0. The van der Waals surface area contributed by atoms with E-state index in [0.29, 0.717) is 57.2 Å². The molecule has 2 heterocycles. The van der Waals surface area contributed by atoms with Crippen LogP contribution in [0.3, 0.4) is 0 Å². The van der Waals surface area contributed by atoms with Crippen molar-refractivity contribution in [2.75, 3.05) is 25.4 Å². The molecule has 2 saturated heterocycles. The molecule has 202 valence electrons. The van der Waals surface area contributed by atoms with Gasteiger partial charge in [-0.2, -0.15) is 13.2 Å². The van der Waals surface area contributed by atoms with Crippen molar-refractivity contribution in [2.24, 2.45) is 5.41 Å². The molecule has 3 aliphatic rings. The van der Waals surface area contributed by atoms with E-state index in [1.165, 1.54) is 11.0 Å². The van der Waals surface area contributed by atoms with Gasteiger partial charge in [0.25, 0.3) is 5.79 Å². The van der Waals surface area contributed by atoms with Crippen LogP contribution in [0.4, 0.5) is 18.9 Å². The monoisotopic (exact) mass is 525 g/mol. The van der Waals surface area contributed by atoms with Gasteiger partial charge in [-0.1, -0.05) is 6.07 Å².